The topological polar surface area (TPSA) is 91.8 Å². The highest BCUT2D eigenvalue weighted by molar-refractivity contribution is 14.0. The number of anilines is 1. The van der Waals surface area contributed by atoms with Gasteiger partial charge in [0, 0.05) is 38.7 Å². The number of ether oxygens (including phenoxy) is 1. The molecule has 0 aliphatic carbocycles. The number of sulfone groups is 1. The number of benzene rings is 2. The highest BCUT2D eigenvalue weighted by atomic mass is 127. The van der Waals surface area contributed by atoms with Crippen molar-refractivity contribution in [2.75, 3.05) is 38.4 Å². The molecule has 2 rings (SSSR count). The van der Waals surface area contributed by atoms with E-state index in [-0.39, 0.29) is 24.0 Å². The lowest BCUT2D eigenvalue weighted by Gasteiger charge is -2.12. The molecule has 0 amide bonds. The van der Waals surface area contributed by atoms with Crippen LogP contribution >= 0.6 is 24.0 Å². The van der Waals surface area contributed by atoms with Gasteiger partial charge in [0.05, 0.1) is 18.0 Å². The molecule has 7 nitrogen and oxygen atoms in total. The molecule has 0 fully saturated rings. The van der Waals surface area contributed by atoms with Crippen LogP contribution < -0.4 is 16.0 Å². The fraction of sp³-hybridized carbons (Fsp3) is 0.409. The molecule has 0 heterocycles. The Bertz CT molecular complexity index is 948. The first-order valence-corrected chi connectivity index (χ1v) is 11.9. The maximum absolute atomic E-state index is 11.8. The van der Waals surface area contributed by atoms with Crippen molar-refractivity contribution in [3.63, 3.8) is 0 Å². The molecular weight excluding hydrogens is 527 g/mol. The number of aryl methyl sites for hydroxylation is 1. The maximum atomic E-state index is 11.8. The summed E-state index contributed by atoms with van der Waals surface area (Å²) >= 11 is 0. The van der Waals surface area contributed by atoms with Crippen molar-refractivity contribution in [3.8, 4) is 0 Å². The number of aliphatic imine (C=N–C) groups is 1. The van der Waals surface area contributed by atoms with Crippen LogP contribution in [0.3, 0.4) is 0 Å². The van der Waals surface area contributed by atoms with Crippen LogP contribution in [0.15, 0.2) is 52.4 Å². The molecule has 0 spiro atoms. The van der Waals surface area contributed by atoms with Gasteiger partial charge in [-0.2, -0.15) is 0 Å². The van der Waals surface area contributed by atoms with Gasteiger partial charge in [0.15, 0.2) is 15.8 Å². The van der Waals surface area contributed by atoms with E-state index in [1.807, 2.05) is 31.2 Å². The number of guanidine groups is 1. The Balaban J connectivity index is 0.00000480. The molecule has 31 heavy (non-hydrogen) atoms. The van der Waals surface area contributed by atoms with E-state index in [4.69, 9.17) is 4.74 Å². The number of hydrogen-bond acceptors (Lipinski definition) is 5. The highest BCUT2D eigenvalue weighted by Gasteiger charge is 2.10. The SMILES string of the molecule is CCNC(=NCc1ccc(S(C)(=O)=O)c(C)c1)NCc1ccc(NCCOC)cc1.I. The zero-order valence-corrected chi connectivity index (χ0v) is 21.7. The lowest BCUT2D eigenvalue weighted by Crippen LogP contribution is -2.36. The van der Waals surface area contributed by atoms with E-state index < -0.39 is 9.84 Å². The maximum Gasteiger partial charge on any atom is 0.191 e. The number of hydrogen-bond donors (Lipinski definition) is 3. The number of nitrogens with zero attached hydrogens (tertiary/aromatic N) is 1. The van der Waals surface area contributed by atoms with Crippen LogP contribution in [0.2, 0.25) is 0 Å². The molecule has 9 heteroatoms. The van der Waals surface area contributed by atoms with Crippen molar-refractivity contribution >= 4 is 45.5 Å². The van der Waals surface area contributed by atoms with Crippen molar-refractivity contribution in [2.45, 2.75) is 31.8 Å². The summed E-state index contributed by atoms with van der Waals surface area (Å²) in [6.07, 6.45) is 1.22. The second-order valence-corrected chi connectivity index (χ2v) is 9.02. The molecule has 0 bridgehead atoms. The van der Waals surface area contributed by atoms with Crippen LogP contribution in [-0.2, 0) is 27.7 Å². The molecule has 0 radical (unpaired) electrons. The van der Waals surface area contributed by atoms with E-state index in [2.05, 4.69) is 33.1 Å². The first-order chi connectivity index (χ1) is 14.3. The van der Waals surface area contributed by atoms with Gasteiger partial charge in [-0.05, 0) is 48.7 Å². The quantitative estimate of drug-likeness (QED) is 0.179. The van der Waals surface area contributed by atoms with Crippen LogP contribution in [0.25, 0.3) is 0 Å². The highest BCUT2D eigenvalue weighted by Crippen LogP contribution is 2.17. The standard InChI is InChI=1S/C22H32N4O3S.HI/c1-5-23-22(25-15-18-6-9-20(10-7-18)24-12-13-29-3)26-16-19-8-11-21(17(2)14-19)30(4,27)28;/h6-11,14,24H,5,12-13,15-16H2,1-4H3,(H2,23,25,26);1H. The number of rotatable bonds is 10. The minimum absolute atomic E-state index is 0. The molecule has 0 aromatic heterocycles. The van der Waals surface area contributed by atoms with E-state index >= 15 is 0 Å². The smallest absolute Gasteiger partial charge is 0.191 e. The Morgan fingerprint density at radius 3 is 2.32 bits per heavy atom. The molecule has 0 aliphatic rings. The van der Waals surface area contributed by atoms with Gasteiger partial charge in [-0.15, -0.1) is 24.0 Å². The molecule has 0 atom stereocenters. The molecule has 3 N–H and O–H groups in total. The first-order valence-electron chi connectivity index (χ1n) is 9.97. The Hall–Kier alpha value is -1.85. The van der Waals surface area contributed by atoms with Gasteiger partial charge < -0.3 is 20.7 Å². The summed E-state index contributed by atoms with van der Waals surface area (Å²) in [7, 11) is -1.52. The van der Waals surface area contributed by atoms with E-state index in [1.54, 1.807) is 20.1 Å². The predicted molar refractivity (Wildman–Crippen MR) is 138 cm³/mol. The van der Waals surface area contributed by atoms with Gasteiger partial charge in [0.1, 0.15) is 0 Å². The molecular formula is C22H33IN4O3S. The molecule has 0 saturated heterocycles. The second kappa shape index (κ2) is 13.5. The molecule has 0 unspecified atom stereocenters. The summed E-state index contributed by atoms with van der Waals surface area (Å²) in [6, 6.07) is 13.6. The minimum atomic E-state index is -3.21. The Morgan fingerprint density at radius 1 is 1.06 bits per heavy atom. The van der Waals surface area contributed by atoms with Gasteiger partial charge in [0.25, 0.3) is 0 Å². The van der Waals surface area contributed by atoms with Crippen molar-refractivity contribution in [1.82, 2.24) is 10.6 Å². The third-order valence-electron chi connectivity index (χ3n) is 4.45. The fourth-order valence-corrected chi connectivity index (χ4v) is 3.92. The normalized spacial score (nSPS) is 11.5. The van der Waals surface area contributed by atoms with Gasteiger partial charge in [-0.25, -0.2) is 13.4 Å². The monoisotopic (exact) mass is 560 g/mol. The molecule has 0 aliphatic heterocycles. The first kappa shape index (κ1) is 27.2. The van der Waals surface area contributed by atoms with Crippen LogP contribution in [0, 0.1) is 6.92 Å². The van der Waals surface area contributed by atoms with Crippen LogP contribution in [-0.4, -0.2) is 47.4 Å². The van der Waals surface area contributed by atoms with E-state index in [0.29, 0.717) is 30.6 Å². The molecule has 2 aromatic carbocycles. The molecule has 2 aromatic rings. The molecule has 0 saturated carbocycles. The van der Waals surface area contributed by atoms with Crippen LogP contribution in [0.4, 0.5) is 5.69 Å². The third kappa shape index (κ3) is 9.44. The van der Waals surface area contributed by atoms with Gasteiger partial charge in [0.2, 0.25) is 0 Å². The summed E-state index contributed by atoms with van der Waals surface area (Å²) in [6.45, 7) is 7.13. The Labute approximate surface area is 203 Å². The minimum Gasteiger partial charge on any atom is -0.383 e. The summed E-state index contributed by atoms with van der Waals surface area (Å²) in [5, 5.41) is 9.86. The average Bonchev–Trinajstić information content (AvgIpc) is 2.70. The molecule has 172 valence electrons. The van der Waals surface area contributed by atoms with Crippen molar-refractivity contribution in [1.29, 1.82) is 0 Å². The zero-order valence-electron chi connectivity index (χ0n) is 18.6. The summed E-state index contributed by atoms with van der Waals surface area (Å²) < 4.78 is 28.6. The van der Waals surface area contributed by atoms with Crippen LogP contribution in [0.5, 0.6) is 0 Å². The van der Waals surface area contributed by atoms with Crippen molar-refractivity contribution in [2.24, 2.45) is 4.99 Å². The zero-order chi connectivity index (χ0) is 22.0. The van der Waals surface area contributed by atoms with E-state index in [1.165, 1.54) is 6.26 Å². The largest absolute Gasteiger partial charge is 0.383 e. The van der Waals surface area contributed by atoms with Crippen molar-refractivity contribution < 1.29 is 13.2 Å². The van der Waals surface area contributed by atoms with Gasteiger partial charge in [-0.1, -0.05) is 24.3 Å². The van der Waals surface area contributed by atoms with E-state index in [9.17, 15) is 8.42 Å². The number of methoxy groups -OCH3 is 1. The summed E-state index contributed by atoms with van der Waals surface area (Å²) in [5.74, 6) is 0.713. The predicted octanol–water partition coefficient (Wildman–Crippen LogP) is 3.33. The number of nitrogens with one attached hydrogen (secondary N) is 3. The van der Waals surface area contributed by atoms with Gasteiger partial charge >= 0.3 is 0 Å². The number of halogens is 1. The third-order valence-corrected chi connectivity index (χ3v) is 5.71. The summed E-state index contributed by atoms with van der Waals surface area (Å²) in [5.41, 5.74) is 3.90. The van der Waals surface area contributed by atoms with Crippen LogP contribution in [0.1, 0.15) is 23.6 Å². The Kier molecular flexibility index (Phi) is 11.9. The summed E-state index contributed by atoms with van der Waals surface area (Å²) in [4.78, 5) is 4.98. The average molecular weight is 561 g/mol. The second-order valence-electron chi connectivity index (χ2n) is 7.04. The fourth-order valence-electron chi connectivity index (χ4n) is 2.96. The van der Waals surface area contributed by atoms with E-state index in [0.717, 1.165) is 35.5 Å². The van der Waals surface area contributed by atoms with Gasteiger partial charge in [-0.3, -0.25) is 0 Å². The lowest BCUT2D eigenvalue weighted by molar-refractivity contribution is 0.211. The van der Waals surface area contributed by atoms with Crippen molar-refractivity contribution in [3.05, 3.63) is 59.2 Å². The lowest BCUT2D eigenvalue weighted by atomic mass is 10.1. The Morgan fingerprint density at radius 2 is 1.74 bits per heavy atom.